The number of anilines is 1. The van der Waals surface area contributed by atoms with Crippen molar-refractivity contribution in [2.24, 2.45) is 0 Å². The maximum atomic E-state index is 13.5. The lowest BCUT2D eigenvalue weighted by molar-refractivity contribution is -0.118. The molecule has 1 aliphatic heterocycles. The van der Waals surface area contributed by atoms with Crippen molar-refractivity contribution in [1.29, 1.82) is 0 Å². The van der Waals surface area contributed by atoms with E-state index in [1.54, 1.807) is 17.0 Å². The lowest BCUT2D eigenvalue weighted by atomic mass is 9.82. The van der Waals surface area contributed by atoms with Crippen LogP contribution in [0.4, 0.5) is 10.1 Å². The van der Waals surface area contributed by atoms with Crippen molar-refractivity contribution in [3.8, 4) is 0 Å². The van der Waals surface area contributed by atoms with Crippen molar-refractivity contribution < 1.29 is 13.9 Å². The van der Waals surface area contributed by atoms with Crippen LogP contribution in [0.3, 0.4) is 0 Å². The molecule has 0 aliphatic carbocycles. The molecule has 0 aromatic heterocycles. The van der Waals surface area contributed by atoms with Crippen molar-refractivity contribution >= 4 is 11.6 Å². The van der Waals surface area contributed by atoms with E-state index in [2.05, 4.69) is 5.32 Å². The number of rotatable bonds is 7. The van der Waals surface area contributed by atoms with Crippen LogP contribution in [0.25, 0.3) is 0 Å². The van der Waals surface area contributed by atoms with Crippen LogP contribution >= 0.6 is 0 Å². The summed E-state index contributed by atoms with van der Waals surface area (Å²) in [5.41, 5.74) is 2.51. The Morgan fingerprint density at radius 2 is 1.52 bits per heavy atom. The summed E-state index contributed by atoms with van der Waals surface area (Å²) in [7, 11) is 0. The number of nitrogens with zero attached hydrogens (tertiary/aromatic N) is 1. The van der Waals surface area contributed by atoms with Gasteiger partial charge in [0.25, 0.3) is 0 Å². The number of nitrogens with one attached hydrogen (secondary N) is 1. The van der Waals surface area contributed by atoms with Crippen LogP contribution in [0.2, 0.25) is 0 Å². The molecule has 0 saturated carbocycles. The van der Waals surface area contributed by atoms with E-state index in [0.29, 0.717) is 19.8 Å². The fourth-order valence-corrected chi connectivity index (χ4v) is 4.09. The standard InChI is InChI=1S/C26H27FN2O2/c27-23-13-11-22(12-14-23)26(15-17-31-18-16-26)28-19-25(30)29(24-9-5-2-6-10-24)20-21-7-3-1-4-8-21/h1-14,28H,15-20H2. The lowest BCUT2D eigenvalue weighted by Gasteiger charge is -2.39. The zero-order valence-corrected chi connectivity index (χ0v) is 17.5. The number of para-hydroxylation sites is 1. The third kappa shape index (κ3) is 5.19. The van der Waals surface area contributed by atoms with Crippen LogP contribution in [-0.2, 0) is 21.6 Å². The van der Waals surface area contributed by atoms with E-state index in [1.165, 1.54) is 12.1 Å². The topological polar surface area (TPSA) is 41.6 Å². The molecule has 4 rings (SSSR count). The first-order chi connectivity index (χ1) is 15.2. The van der Waals surface area contributed by atoms with Gasteiger partial charge in [-0.05, 0) is 48.2 Å². The van der Waals surface area contributed by atoms with Crippen molar-refractivity contribution in [2.75, 3.05) is 24.7 Å². The molecule has 1 fully saturated rings. The van der Waals surface area contributed by atoms with Crippen LogP contribution in [-0.4, -0.2) is 25.7 Å². The van der Waals surface area contributed by atoms with E-state index >= 15 is 0 Å². The molecule has 31 heavy (non-hydrogen) atoms. The van der Waals surface area contributed by atoms with Gasteiger partial charge in [-0.1, -0.05) is 60.7 Å². The lowest BCUT2D eigenvalue weighted by Crippen LogP contribution is -2.50. The SMILES string of the molecule is O=C(CNC1(c2ccc(F)cc2)CCOCC1)N(Cc1ccccc1)c1ccccc1. The number of ether oxygens (including phenoxy) is 1. The second-order valence-electron chi connectivity index (χ2n) is 7.86. The molecule has 0 atom stereocenters. The van der Waals surface area contributed by atoms with Gasteiger partial charge in [-0.15, -0.1) is 0 Å². The van der Waals surface area contributed by atoms with E-state index in [0.717, 1.165) is 29.7 Å². The van der Waals surface area contributed by atoms with Crippen LogP contribution in [0, 0.1) is 5.82 Å². The minimum Gasteiger partial charge on any atom is -0.381 e. The maximum Gasteiger partial charge on any atom is 0.241 e. The van der Waals surface area contributed by atoms with Crippen molar-refractivity contribution in [2.45, 2.75) is 24.9 Å². The molecule has 3 aromatic carbocycles. The van der Waals surface area contributed by atoms with Crippen molar-refractivity contribution in [3.05, 3.63) is 102 Å². The Morgan fingerprint density at radius 3 is 2.16 bits per heavy atom. The fraction of sp³-hybridized carbons (Fsp3) is 0.269. The van der Waals surface area contributed by atoms with E-state index in [1.807, 2.05) is 60.7 Å². The summed E-state index contributed by atoms with van der Waals surface area (Å²) in [6.45, 7) is 1.88. The second kappa shape index (κ2) is 9.86. The van der Waals surface area contributed by atoms with E-state index in [-0.39, 0.29) is 18.3 Å². The van der Waals surface area contributed by atoms with Gasteiger partial charge in [0.15, 0.2) is 0 Å². The summed E-state index contributed by atoms with van der Waals surface area (Å²) in [6, 6.07) is 26.2. The predicted octanol–water partition coefficient (Wildman–Crippen LogP) is 4.65. The molecule has 1 heterocycles. The number of hydrogen-bond acceptors (Lipinski definition) is 3. The Morgan fingerprint density at radius 1 is 0.903 bits per heavy atom. The van der Waals surface area contributed by atoms with Gasteiger partial charge in [0.1, 0.15) is 5.82 Å². The predicted molar refractivity (Wildman–Crippen MR) is 120 cm³/mol. The second-order valence-corrected chi connectivity index (χ2v) is 7.86. The number of benzene rings is 3. The number of hydrogen-bond donors (Lipinski definition) is 1. The van der Waals surface area contributed by atoms with E-state index < -0.39 is 5.54 Å². The summed E-state index contributed by atoms with van der Waals surface area (Å²) in [6.07, 6.45) is 1.46. The molecule has 1 saturated heterocycles. The Labute approximate surface area is 182 Å². The van der Waals surface area contributed by atoms with Crippen LogP contribution in [0.15, 0.2) is 84.9 Å². The Kier molecular flexibility index (Phi) is 6.75. The minimum absolute atomic E-state index is 0.0111. The van der Waals surface area contributed by atoms with Gasteiger partial charge in [-0.25, -0.2) is 4.39 Å². The average molecular weight is 419 g/mol. The molecule has 1 aliphatic rings. The van der Waals surface area contributed by atoms with Crippen molar-refractivity contribution in [3.63, 3.8) is 0 Å². The smallest absolute Gasteiger partial charge is 0.241 e. The molecule has 0 spiro atoms. The molecule has 5 heteroatoms. The zero-order valence-electron chi connectivity index (χ0n) is 17.5. The molecular weight excluding hydrogens is 391 g/mol. The molecule has 0 unspecified atom stereocenters. The van der Waals surface area contributed by atoms with Gasteiger partial charge >= 0.3 is 0 Å². The quantitative estimate of drug-likeness (QED) is 0.607. The third-order valence-corrected chi connectivity index (χ3v) is 5.87. The molecule has 0 bridgehead atoms. The average Bonchev–Trinajstić information content (AvgIpc) is 2.83. The molecule has 1 N–H and O–H groups in total. The number of halogens is 1. The first-order valence-corrected chi connectivity index (χ1v) is 10.6. The summed E-state index contributed by atoms with van der Waals surface area (Å²) >= 11 is 0. The molecule has 160 valence electrons. The Hall–Kier alpha value is -3.02. The normalized spacial score (nSPS) is 15.4. The Bertz CT molecular complexity index is 971. The highest BCUT2D eigenvalue weighted by molar-refractivity contribution is 5.94. The monoisotopic (exact) mass is 418 g/mol. The van der Waals surface area contributed by atoms with Crippen LogP contribution in [0.5, 0.6) is 0 Å². The van der Waals surface area contributed by atoms with Crippen molar-refractivity contribution in [1.82, 2.24) is 5.32 Å². The first kappa shape index (κ1) is 21.2. The minimum atomic E-state index is -0.406. The summed E-state index contributed by atoms with van der Waals surface area (Å²) in [5, 5.41) is 3.51. The first-order valence-electron chi connectivity index (χ1n) is 10.6. The fourth-order valence-electron chi connectivity index (χ4n) is 4.09. The highest BCUT2D eigenvalue weighted by Crippen LogP contribution is 2.32. The van der Waals surface area contributed by atoms with Gasteiger partial charge in [-0.2, -0.15) is 0 Å². The molecule has 0 radical (unpaired) electrons. The van der Waals surface area contributed by atoms with E-state index in [9.17, 15) is 9.18 Å². The number of carbonyl (C=O) groups excluding carboxylic acids is 1. The molecule has 1 amide bonds. The number of carbonyl (C=O) groups is 1. The maximum absolute atomic E-state index is 13.5. The highest BCUT2D eigenvalue weighted by Gasteiger charge is 2.35. The van der Waals surface area contributed by atoms with Crippen LogP contribution < -0.4 is 10.2 Å². The van der Waals surface area contributed by atoms with Gasteiger partial charge in [0.05, 0.1) is 13.1 Å². The molecular formula is C26H27FN2O2. The summed E-state index contributed by atoms with van der Waals surface area (Å²) in [4.78, 5) is 15.2. The zero-order chi connectivity index (χ0) is 21.5. The Balaban J connectivity index is 1.54. The van der Waals surface area contributed by atoms with Gasteiger partial charge < -0.3 is 9.64 Å². The number of amides is 1. The van der Waals surface area contributed by atoms with Gasteiger partial charge in [0.2, 0.25) is 5.91 Å². The largest absolute Gasteiger partial charge is 0.381 e. The molecule has 4 nitrogen and oxygen atoms in total. The van der Waals surface area contributed by atoms with Gasteiger partial charge in [0, 0.05) is 24.4 Å². The highest BCUT2D eigenvalue weighted by atomic mass is 19.1. The van der Waals surface area contributed by atoms with E-state index in [4.69, 9.17) is 4.74 Å². The molecule has 3 aromatic rings. The van der Waals surface area contributed by atoms with Crippen LogP contribution in [0.1, 0.15) is 24.0 Å². The summed E-state index contributed by atoms with van der Waals surface area (Å²) < 4.78 is 19.1. The third-order valence-electron chi connectivity index (χ3n) is 5.87. The van der Waals surface area contributed by atoms with Gasteiger partial charge in [-0.3, -0.25) is 10.1 Å². The summed E-state index contributed by atoms with van der Waals surface area (Å²) in [5.74, 6) is -0.275.